The summed E-state index contributed by atoms with van der Waals surface area (Å²) in [7, 11) is 0. The van der Waals surface area contributed by atoms with E-state index in [1.165, 1.54) is 0 Å². The summed E-state index contributed by atoms with van der Waals surface area (Å²) in [4.78, 5) is 0. The maximum absolute atomic E-state index is 13.5. The zero-order chi connectivity index (χ0) is 12.3. The minimum absolute atomic E-state index is 0.146. The Hall–Kier alpha value is -1.68. The molecule has 0 radical (unpaired) electrons. The minimum atomic E-state index is -0.490. The van der Waals surface area contributed by atoms with Crippen molar-refractivity contribution in [3.8, 4) is 11.3 Å². The fourth-order valence-electron chi connectivity index (χ4n) is 1.55. The molecule has 1 aromatic carbocycles. The van der Waals surface area contributed by atoms with Crippen LogP contribution in [-0.2, 0) is 6.54 Å². The van der Waals surface area contributed by atoms with Crippen LogP contribution in [0.4, 0.5) is 8.78 Å². The molecule has 1 aromatic heterocycles. The maximum atomic E-state index is 13.5. The van der Waals surface area contributed by atoms with Gasteiger partial charge in [-0.1, -0.05) is 6.92 Å². The van der Waals surface area contributed by atoms with E-state index in [1.807, 2.05) is 6.92 Å². The second kappa shape index (κ2) is 5.10. The first-order valence-electron chi connectivity index (χ1n) is 5.45. The van der Waals surface area contributed by atoms with Gasteiger partial charge in [0.05, 0.1) is 12.1 Å². The van der Waals surface area contributed by atoms with E-state index in [1.54, 1.807) is 12.1 Å². The van der Waals surface area contributed by atoms with E-state index in [-0.39, 0.29) is 5.56 Å². The molecule has 90 valence electrons. The number of hydrogen-bond acceptors (Lipinski definition) is 2. The van der Waals surface area contributed by atoms with Crippen LogP contribution in [0.15, 0.2) is 34.7 Å². The van der Waals surface area contributed by atoms with Gasteiger partial charge in [0.15, 0.2) is 0 Å². The summed E-state index contributed by atoms with van der Waals surface area (Å²) in [5.74, 6) is 0.0715. The van der Waals surface area contributed by atoms with Crippen molar-refractivity contribution in [1.82, 2.24) is 5.32 Å². The highest BCUT2D eigenvalue weighted by Crippen LogP contribution is 2.25. The van der Waals surface area contributed by atoms with Crippen molar-refractivity contribution in [3.05, 3.63) is 47.7 Å². The van der Waals surface area contributed by atoms with E-state index in [4.69, 9.17) is 4.42 Å². The molecule has 17 heavy (non-hydrogen) atoms. The van der Waals surface area contributed by atoms with E-state index in [0.717, 1.165) is 24.7 Å². The van der Waals surface area contributed by atoms with Gasteiger partial charge in [-0.05, 0) is 36.9 Å². The Morgan fingerprint density at radius 3 is 2.76 bits per heavy atom. The van der Waals surface area contributed by atoms with Gasteiger partial charge in [-0.2, -0.15) is 0 Å². The van der Waals surface area contributed by atoms with E-state index in [0.29, 0.717) is 18.1 Å². The van der Waals surface area contributed by atoms with Crippen molar-refractivity contribution in [2.24, 2.45) is 0 Å². The topological polar surface area (TPSA) is 25.2 Å². The molecule has 0 saturated heterocycles. The van der Waals surface area contributed by atoms with Crippen LogP contribution in [0.3, 0.4) is 0 Å². The summed E-state index contributed by atoms with van der Waals surface area (Å²) in [6, 6.07) is 6.70. The third-order valence-corrected chi connectivity index (χ3v) is 2.40. The van der Waals surface area contributed by atoms with Crippen LogP contribution < -0.4 is 5.32 Å². The standard InChI is InChI=1S/C13H13F2NO/c1-2-16-8-10-4-6-13(17-10)11-7-9(14)3-5-12(11)15/h3-7,16H,2,8H2,1H3. The summed E-state index contributed by atoms with van der Waals surface area (Å²) in [6.45, 7) is 3.38. The van der Waals surface area contributed by atoms with Gasteiger partial charge < -0.3 is 9.73 Å². The molecule has 0 aliphatic rings. The molecule has 0 fully saturated rings. The molecule has 0 bridgehead atoms. The molecule has 1 N–H and O–H groups in total. The third kappa shape index (κ3) is 2.71. The van der Waals surface area contributed by atoms with Crippen molar-refractivity contribution in [2.75, 3.05) is 6.54 Å². The van der Waals surface area contributed by atoms with Gasteiger partial charge in [0.1, 0.15) is 23.2 Å². The quantitative estimate of drug-likeness (QED) is 0.882. The first-order valence-corrected chi connectivity index (χ1v) is 5.45. The first kappa shape index (κ1) is 11.8. The van der Waals surface area contributed by atoms with Crippen LogP contribution in [0, 0.1) is 11.6 Å². The van der Waals surface area contributed by atoms with Gasteiger partial charge in [-0.3, -0.25) is 0 Å². The second-order valence-corrected chi connectivity index (χ2v) is 3.67. The smallest absolute Gasteiger partial charge is 0.137 e. The van der Waals surface area contributed by atoms with E-state index >= 15 is 0 Å². The molecule has 2 nitrogen and oxygen atoms in total. The molecule has 0 unspecified atom stereocenters. The Balaban J connectivity index is 2.27. The summed E-state index contributed by atoms with van der Waals surface area (Å²) >= 11 is 0. The monoisotopic (exact) mass is 237 g/mol. The predicted octanol–water partition coefficient (Wildman–Crippen LogP) is 3.33. The maximum Gasteiger partial charge on any atom is 0.137 e. The molecular formula is C13H13F2NO. The van der Waals surface area contributed by atoms with Crippen molar-refractivity contribution in [1.29, 1.82) is 0 Å². The highest BCUT2D eigenvalue weighted by Gasteiger charge is 2.10. The van der Waals surface area contributed by atoms with Crippen LogP contribution in [0.1, 0.15) is 12.7 Å². The molecular weight excluding hydrogens is 224 g/mol. The van der Waals surface area contributed by atoms with Crippen LogP contribution in [0.5, 0.6) is 0 Å². The summed E-state index contributed by atoms with van der Waals surface area (Å²) in [5, 5.41) is 3.09. The number of hydrogen-bond donors (Lipinski definition) is 1. The van der Waals surface area contributed by atoms with Crippen LogP contribution in [0.2, 0.25) is 0 Å². The highest BCUT2D eigenvalue weighted by atomic mass is 19.1. The average molecular weight is 237 g/mol. The Labute approximate surface area is 98.3 Å². The molecule has 0 aliphatic carbocycles. The molecule has 2 rings (SSSR count). The zero-order valence-electron chi connectivity index (χ0n) is 9.47. The lowest BCUT2D eigenvalue weighted by Gasteiger charge is -2.00. The highest BCUT2D eigenvalue weighted by molar-refractivity contribution is 5.58. The molecule has 2 aromatic rings. The fraction of sp³-hybridized carbons (Fsp3) is 0.231. The SMILES string of the molecule is CCNCc1ccc(-c2cc(F)ccc2F)o1. The summed E-state index contributed by atoms with van der Waals surface area (Å²) in [5.41, 5.74) is 0.146. The number of benzene rings is 1. The Kier molecular flexibility index (Phi) is 3.54. The molecule has 4 heteroatoms. The van der Waals surface area contributed by atoms with Crippen molar-refractivity contribution in [2.45, 2.75) is 13.5 Å². The number of halogens is 2. The Morgan fingerprint density at radius 2 is 2.00 bits per heavy atom. The fourth-order valence-corrected chi connectivity index (χ4v) is 1.55. The van der Waals surface area contributed by atoms with Crippen LogP contribution >= 0.6 is 0 Å². The van der Waals surface area contributed by atoms with Gasteiger partial charge in [0.2, 0.25) is 0 Å². The normalized spacial score (nSPS) is 10.8. The van der Waals surface area contributed by atoms with Crippen molar-refractivity contribution >= 4 is 0 Å². The third-order valence-electron chi connectivity index (χ3n) is 2.40. The number of rotatable bonds is 4. The van der Waals surface area contributed by atoms with Gasteiger partial charge in [0.25, 0.3) is 0 Å². The second-order valence-electron chi connectivity index (χ2n) is 3.67. The molecule has 0 aliphatic heterocycles. The lowest BCUT2D eigenvalue weighted by molar-refractivity contribution is 0.494. The molecule has 0 atom stereocenters. The van der Waals surface area contributed by atoms with Crippen LogP contribution in [-0.4, -0.2) is 6.54 Å². The van der Waals surface area contributed by atoms with Crippen molar-refractivity contribution in [3.63, 3.8) is 0 Å². The van der Waals surface area contributed by atoms with E-state index in [2.05, 4.69) is 5.32 Å². The van der Waals surface area contributed by atoms with Crippen molar-refractivity contribution < 1.29 is 13.2 Å². The molecule has 1 heterocycles. The first-order chi connectivity index (χ1) is 8.20. The summed E-state index contributed by atoms with van der Waals surface area (Å²) < 4.78 is 31.9. The van der Waals surface area contributed by atoms with E-state index < -0.39 is 11.6 Å². The lowest BCUT2D eigenvalue weighted by Crippen LogP contribution is -2.10. The molecule has 0 saturated carbocycles. The average Bonchev–Trinajstić information content (AvgIpc) is 2.78. The van der Waals surface area contributed by atoms with Gasteiger partial charge in [-0.15, -0.1) is 0 Å². The zero-order valence-corrected chi connectivity index (χ0v) is 9.47. The van der Waals surface area contributed by atoms with Gasteiger partial charge in [0, 0.05) is 0 Å². The molecule has 0 amide bonds. The minimum Gasteiger partial charge on any atom is -0.460 e. The number of nitrogens with one attached hydrogen (secondary N) is 1. The Morgan fingerprint density at radius 1 is 1.18 bits per heavy atom. The van der Waals surface area contributed by atoms with Gasteiger partial charge >= 0.3 is 0 Å². The Bertz CT molecular complexity index is 508. The van der Waals surface area contributed by atoms with E-state index in [9.17, 15) is 8.78 Å². The van der Waals surface area contributed by atoms with Gasteiger partial charge in [-0.25, -0.2) is 8.78 Å². The lowest BCUT2D eigenvalue weighted by atomic mass is 10.1. The molecule has 0 spiro atoms. The number of furan rings is 1. The predicted molar refractivity (Wildman–Crippen MR) is 61.4 cm³/mol. The van der Waals surface area contributed by atoms with Crippen LogP contribution in [0.25, 0.3) is 11.3 Å². The summed E-state index contributed by atoms with van der Waals surface area (Å²) in [6.07, 6.45) is 0. The largest absolute Gasteiger partial charge is 0.460 e.